The molecule has 0 spiro atoms. The number of hydrogen-bond donors (Lipinski definition) is 0. The van der Waals surface area contributed by atoms with E-state index >= 15 is 0 Å². The summed E-state index contributed by atoms with van der Waals surface area (Å²) < 4.78 is 20.3. The van der Waals surface area contributed by atoms with E-state index in [4.69, 9.17) is 32.9 Å². The Morgan fingerprint density at radius 3 is 2.74 bits per heavy atom. The number of hydrogen-bond acceptors (Lipinski definition) is 8. The number of carbonyl (C=O) groups excluding carboxylic acids is 1. The van der Waals surface area contributed by atoms with E-state index in [9.17, 15) is 9.18 Å². The number of carbonyl (C=O) groups is 1. The third-order valence-corrected chi connectivity index (χ3v) is 10.3. The Morgan fingerprint density at radius 1 is 1.21 bits per heavy atom. The zero-order valence-corrected chi connectivity index (χ0v) is 28.1. The molecule has 47 heavy (non-hydrogen) atoms. The quantitative estimate of drug-likeness (QED) is 0.207. The van der Waals surface area contributed by atoms with Crippen LogP contribution in [0.4, 0.5) is 15.9 Å². The lowest BCUT2D eigenvalue weighted by Gasteiger charge is -2.41. The zero-order chi connectivity index (χ0) is 33.2. The number of benzene rings is 1. The third kappa shape index (κ3) is 6.85. The van der Waals surface area contributed by atoms with E-state index in [1.807, 2.05) is 37.5 Å². The van der Waals surface area contributed by atoms with Crippen LogP contribution in [0.3, 0.4) is 0 Å². The predicted octanol–water partition coefficient (Wildman–Crippen LogP) is 5.55. The minimum absolute atomic E-state index is 0.0529. The number of rotatable bonds is 10. The van der Waals surface area contributed by atoms with Gasteiger partial charge in [-0.15, -0.1) is 0 Å². The van der Waals surface area contributed by atoms with Gasteiger partial charge in [0.1, 0.15) is 18.0 Å². The first-order valence-corrected chi connectivity index (χ1v) is 16.8. The molecule has 1 amide bonds. The second-order valence-corrected chi connectivity index (χ2v) is 13.5. The molecule has 1 aliphatic carbocycles. The molecule has 4 heterocycles. The minimum Gasteiger partial charge on any atom is -0.459 e. The van der Waals surface area contributed by atoms with Crippen LogP contribution >= 0.6 is 11.6 Å². The first kappa shape index (κ1) is 32.9. The maximum Gasteiger partial charge on any atom is 0.318 e. The van der Waals surface area contributed by atoms with Crippen molar-refractivity contribution in [2.45, 2.75) is 64.3 Å². The SMILES string of the molecule is [C-]#[N+]C[C@H]1CN(c2nc(O[C@@H](C)CN(C)[C@@H](C)C3CCC3)nc3c2CCN(c2cncc4cccc(Cl)c24)C3)CCN1C(=O)C(=C)F. The third-order valence-electron chi connectivity index (χ3n) is 10.0. The van der Waals surface area contributed by atoms with Crippen molar-refractivity contribution < 1.29 is 13.9 Å². The fourth-order valence-corrected chi connectivity index (χ4v) is 7.40. The molecule has 3 aliphatic rings. The van der Waals surface area contributed by atoms with E-state index < -0.39 is 17.8 Å². The second kappa shape index (κ2) is 14.0. The molecule has 2 aliphatic heterocycles. The van der Waals surface area contributed by atoms with Crippen molar-refractivity contribution in [1.29, 1.82) is 0 Å². The van der Waals surface area contributed by atoms with Gasteiger partial charge in [-0.05, 0) is 52.1 Å². The Labute approximate surface area is 281 Å². The molecule has 1 saturated carbocycles. The largest absolute Gasteiger partial charge is 0.459 e. The molecule has 6 rings (SSSR count). The van der Waals surface area contributed by atoms with Crippen LogP contribution in [0.25, 0.3) is 15.6 Å². The standard InChI is InChI=1S/C35H42ClFN8O2/c1-22(19-42(5)24(3)25-8-6-9-25)47-35-40-30-21-43(31-18-39-16-26-10-7-11-29(36)32(26)31)13-12-28(30)33(41-35)44-14-15-45(34(46)23(2)37)27(20-44)17-38-4/h7,10-11,16,18,22,24-25,27H,2,6,8-9,12-15,17,19-21H2,1,3,5H3/t22-,24-,27-/m0/s1. The predicted molar refractivity (Wildman–Crippen MR) is 182 cm³/mol. The fraction of sp³-hybridized carbons (Fsp3) is 0.514. The van der Waals surface area contributed by atoms with Crippen LogP contribution in [-0.2, 0) is 17.8 Å². The van der Waals surface area contributed by atoms with Crippen LogP contribution in [0.15, 0.2) is 43.0 Å². The number of amides is 1. The molecule has 12 heteroatoms. The molecular formula is C35H42ClFN8O2. The highest BCUT2D eigenvalue weighted by Gasteiger charge is 2.36. The normalized spacial score (nSPS) is 19.6. The van der Waals surface area contributed by atoms with Gasteiger partial charge in [0.15, 0.2) is 5.83 Å². The molecule has 0 N–H and O–H groups in total. The molecule has 3 aromatic rings. The van der Waals surface area contributed by atoms with Crippen LogP contribution < -0.4 is 14.5 Å². The van der Waals surface area contributed by atoms with Gasteiger partial charge >= 0.3 is 6.01 Å². The summed E-state index contributed by atoms with van der Waals surface area (Å²) in [5.41, 5.74) is 2.80. The van der Waals surface area contributed by atoms with Crippen LogP contribution in [0.5, 0.6) is 6.01 Å². The lowest BCUT2D eigenvalue weighted by Crippen LogP contribution is -2.57. The molecule has 0 unspecified atom stereocenters. The summed E-state index contributed by atoms with van der Waals surface area (Å²) in [6, 6.07) is 6.10. The first-order valence-electron chi connectivity index (χ1n) is 16.4. The van der Waals surface area contributed by atoms with Gasteiger partial charge < -0.3 is 24.3 Å². The van der Waals surface area contributed by atoms with Crippen molar-refractivity contribution in [3.8, 4) is 6.01 Å². The Kier molecular flexibility index (Phi) is 9.80. The van der Waals surface area contributed by atoms with E-state index in [0.29, 0.717) is 49.7 Å². The summed E-state index contributed by atoms with van der Waals surface area (Å²) in [6.07, 6.45) is 8.04. The van der Waals surface area contributed by atoms with Crippen molar-refractivity contribution in [2.75, 3.05) is 56.1 Å². The van der Waals surface area contributed by atoms with Crippen LogP contribution in [-0.4, -0.2) is 95.2 Å². The molecule has 0 bridgehead atoms. The average Bonchev–Trinajstić information content (AvgIpc) is 3.02. The fourth-order valence-electron chi connectivity index (χ4n) is 7.12. The van der Waals surface area contributed by atoms with E-state index in [0.717, 1.165) is 46.0 Å². The highest BCUT2D eigenvalue weighted by molar-refractivity contribution is 6.36. The van der Waals surface area contributed by atoms with Gasteiger partial charge in [0.25, 0.3) is 5.91 Å². The summed E-state index contributed by atoms with van der Waals surface area (Å²) in [5, 5.41) is 2.59. The molecule has 1 saturated heterocycles. The van der Waals surface area contributed by atoms with Crippen molar-refractivity contribution in [3.63, 3.8) is 0 Å². The molecule has 2 aromatic heterocycles. The van der Waals surface area contributed by atoms with E-state index in [-0.39, 0.29) is 19.2 Å². The monoisotopic (exact) mass is 660 g/mol. The van der Waals surface area contributed by atoms with E-state index in [1.165, 1.54) is 24.2 Å². The highest BCUT2D eigenvalue weighted by atomic mass is 35.5. The number of ether oxygens (including phenoxy) is 1. The molecular weight excluding hydrogens is 619 g/mol. The number of anilines is 2. The maximum atomic E-state index is 13.9. The summed E-state index contributed by atoms with van der Waals surface area (Å²) in [7, 11) is 2.15. The van der Waals surface area contributed by atoms with Crippen molar-refractivity contribution in [1.82, 2.24) is 24.8 Å². The number of aromatic nitrogens is 3. The highest BCUT2D eigenvalue weighted by Crippen LogP contribution is 2.37. The lowest BCUT2D eigenvalue weighted by atomic mass is 9.80. The Bertz CT molecular complexity index is 1690. The van der Waals surface area contributed by atoms with Gasteiger partial charge in [-0.1, -0.05) is 36.7 Å². The van der Waals surface area contributed by atoms with Crippen LogP contribution in [0, 0.1) is 12.5 Å². The molecule has 10 nitrogen and oxygen atoms in total. The van der Waals surface area contributed by atoms with Gasteiger partial charge in [-0.3, -0.25) is 14.7 Å². The topological polar surface area (TPSA) is 82.3 Å². The van der Waals surface area contributed by atoms with Gasteiger partial charge in [-0.25, -0.2) is 11.0 Å². The van der Waals surface area contributed by atoms with Crippen molar-refractivity contribution >= 4 is 39.8 Å². The van der Waals surface area contributed by atoms with Crippen molar-refractivity contribution in [2.24, 2.45) is 5.92 Å². The Balaban J connectivity index is 1.31. The Morgan fingerprint density at radius 2 is 2.02 bits per heavy atom. The van der Waals surface area contributed by atoms with Gasteiger partial charge in [-0.2, -0.15) is 9.97 Å². The number of likely N-dealkylation sites (N-methyl/N-ethyl adjacent to an activating group) is 1. The molecule has 248 valence electrons. The average molecular weight is 661 g/mol. The molecule has 0 radical (unpaired) electrons. The number of halogens is 2. The van der Waals surface area contributed by atoms with Crippen LogP contribution in [0.1, 0.15) is 44.4 Å². The smallest absolute Gasteiger partial charge is 0.318 e. The summed E-state index contributed by atoms with van der Waals surface area (Å²) in [5.74, 6) is -0.315. The number of nitrogens with zero attached hydrogens (tertiary/aromatic N) is 8. The van der Waals surface area contributed by atoms with Gasteiger partial charge in [0.05, 0.1) is 29.1 Å². The van der Waals surface area contributed by atoms with Gasteiger partial charge in [0.2, 0.25) is 6.54 Å². The molecule has 2 fully saturated rings. The van der Waals surface area contributed by atoms with Crippen molar-refractivity contribution in [3.05, 3.63) is 70.7 Å². The van der Waals surface area contributed by atoms with E-state index in [1.54, 1.807) is 0 Å². The summed E-state index contributed by atoms with van der Waals surface area (Å²) in [4.78, 5) is 38.7. The lowest BCUT2D eigenvalue weighted by molar-refractivity contribution is -0.131. The van der Waals surface area contributed by atoms with Crippen LogP contribution in [0.2, 0.25) is 5.02 Å². The molecule has 3 atom stereocenters. The molecule has 1 aromatic carbocycles. The Hall–Kier alpha value is -4.01. The summed E-state index contributed by atoms with van der Waals surface area (Å²) in [6.45, 7) is 18.0. The minimum atomic E-state index is -1.02. The second-order valence-electron chi connectivity index (χ2n) is 13.1. The number of pyridine rings is 1. The number of fused-ring (bicyclic) bond motifs is 2. The zero-order valence-electron chi connectivity index (χ0n) is 27.3. The first-order chi connectivity index (χ1) is 22.6. The maximum absolute atomic E-state index is 13.9. The van der Waals surface area contributed by atoms with E-state index in [2.05, 4.69) is 45.1 Å². The number of piperazine rings is 1. The van der Waals surface area contributed by atoms with Gasteiger partial charge in [0, 0.05) is 61.3 Å². The summed E-state index contributed by atoms with van der Waals surface area (Å²) >= 11 is 6.69.